The highest BCUT2D eigenvalue weighted by molar-refractivity contribution is 6.44. The number of para-hydroxylation sites is 1. The maximum absolute atomic E-state index is 12.4. The molecule has 1 aliphatic rings. The molecule has 0 bridgehead atoms. The molecule has 0 unspecified atom stereocenters. The summed E-state index contributed by atoms with van der Waals surface area (Å²) >= 11 is 12.2. The molecule has 1 fully saturated rings. The Hall–Kier alpha value is -2.57. The predicted molar refractivity (Wildman–Crippen MR) is 112 cm³/mol. The van der Waals surface area contributed by atoms with Crippen molar-refractivity contribution in [3.63, 3.8) is 0 Å². The zero-order valence-electron chi connectivity index (χ0n) is 16.0. The molecule has 0 saturated carbocycles. The van der Waals surface area contributed by atoms with E-state index >= 15 is 0 Å². The lowest BCUT2D eigenvalue weighted by molar-refractivity contribution is -0.151. The molecular formula is C21H20Cl2N2O4. The summed E-state index contributed by atoms with van der Waals surface area (Å²) in [4.78, 5) is 38.3. The van der Waals surface area contributed by atoms with E-state index in [1.807, 2.05) is 32.0 Å². The Morgan fingerprint density at radius 2 is 1.79 bits per heavy atom. The SMILES string of the molecule is Cc1cccc(C)c1NC(=O)COC(=O)[C@H]1CC(=O)N(c2cccc(Cl)c2Cl)C1. The number of nitrogens with zero attached hydrogens (tertiary/aromatic N) is 1. The first-order chi connectivity index (χ1) is 13.8. The Morgan fingerprint density at radius 1 is 1.14 bits per heavy atom. The van der Waals surface area contributed by atoms with Crippen molar-refractivity contribution in [1.82, 2.24) is 0 Å². The van der Waals surface area contributed by atoms with Crippen LogP contribution >= 0.6 is 23.2 Å². The third-order valence-electron chi connectivity index (χ3n) is 4.77. The summed E-state index contributed by atoms with van der Waals surface area (Å²) in [6.45, 7) is 3.47. The number of aryl methyl sites for hydroxylation is 2. The Balaban J connectivity index is 1.58. The number of esters is 1. The lowest BCUT2D eigenvalue weighted by atomic mass is 10.1. The van der Waals surface area contributed by atoms with Crippen LogP contribution in [-0.4, -0.2) is 30.9 Å². The van der Waals surface area contributed by atoms with Crippen molar-refractivity contribution in [1.29, 1.82) is 0 Å². The molecule has 1 saturated heterocycles. The lowest BCUT2D eigenvalue weighted by Gasteiger charge is -2.18. The summed E-state index contributed by atoms with van der Waals surface area (Å²) in [6, 6.07) is 10.6. The number of ether oxygens (including phenoxy) is 1. The van der Waals surface area contributed by atoms with Gasteiger partial charge in [0.1, 0.15) is 0 Å². The van der Waals surface area contributed by atoms with Gasteiger partial charge in [0.15, 0.2) is 6.61 Å². The van der Waals surface area contributed by atoms with Gasteiger partial charge in [0, 0.05) is 18.7 Å². The molecule has 152 valence electrons. The van der Waals surface area contributed by atoms with Crippen LogP contribution in [0.3, 0.4) is 0 Å². The van der Waals surface area contributed by atoms with E-state index in [4.69, 9.17) is 27.9 Å². The first-order valence-corrected chi connectivity index (χ1v) is 9.80. The standard InChI is InChI=1S/C21H20Cl2N2O4/c1-12-5-3-6-13(2)20(12)24-17(26)11-29-21(28)14-9-18(27)25(10-14)16-8-4-7-15(22)19(16)23/h3-8,14H,9-11H2,1-2H3,(H,24,26)/t14-/m0/s1. The number of amides is 2. The third kappa shape index (κ3) is 4.71. The summed E-state index contributed by atoms with van der Waals surface area (Å²) in [5.74, 6) is -1.97. The quantitative estimate of drug-likeness (QED) is 0.717. The molecule has 2 aromatic carbocycles. The lowest BCUT2D eigenvalue weighted by Crippen LogP contribution is -2.28. The monoisotopic (exact) mass is 434 g/mol. The highest BCUT2D eigenvalue weighted by atomic mass is 35.5. The third-order valence-corrected chi connectivity index (χ3v) is 5.58. The van der Waals surface area contributed by atoms with Gasteiger partial charge >= 0.3 is 5.97 Å². The summed E-state index contributed by atoms with van der Waals surface area (Å²) in [5.41, 5.74) is 2.99. The molecule has 3 rings (SSSR count). The van der Waals surface area contributed by atoms with Gasteiger partial charge in [-0.3, -0.25) is 14.4 Å². The van der Waals surface area contributed by atoms with Crippen molar-refractivity contribution < 1.29 is 19.1 Å². The van der Waals surface area contributed by atoms with Gasteiger partial charge in [-0.05, 0) is 37.1 Å². The molecule has 6 nitrogen and oxygen atoms in total. The van der Waals surface area contributed by atoms with E-state index in [2.05, 4.69) is 5.32 Å². The Bertz CT molecular complexity index is 957. The molecule has 1 N–H and O–H groups in total. The van der Waals surface area contributed by atoms with E-state index in [0.29, 0.717) is 16.4 Å². The molecule has 2 amide bonds. The van der Waals surface area contributed by atoms with E-state index in [1.165, 1.54) is 4.90 Å². The van der Waals surface area contributed by atoms with Gasteiger partial charge in [-0.1, -0.05) is 47.5 Å². The number of benzene rings is 2. The fourth-order valence-corrected chi connectivity index (χ4v) is 3.64. The van der Waals surface area contributed by atoms with E-state index < -0.39 is 24.4 Å². The average Bonchev–Trinajstić information content (AvgIpc) is 3.06. The number of carbonyl (C=O) groups is 3. The average molecular weight is 435 g/mol. The number of carbonyl (C=O) groups excluding carboxylic acids is 3. The number of hydrogen-bond acceptors (Lipinski definition) is 4. The summed E-state index contributed by atoms with van der Waals surface area (Å²) in [6.07, 6.45) is -0.0137. The fraction of sp³-hybridized carbons (Fsp3) is 0.286. The zero-order chi connectivity index (χ0) is 21.1. The predicted octanol–water partition coefficient (Wildman–Crippen LogP) is 4.15. The van der Waals surface area contributed by atoms with Crippen LogP contribution in [0.5, 0.6) is 0 Å². The Labute approximate surface area is 178 Å². The van der Waals surface area contributed by atoms with E-state index in [-0.39, 0.29) is 23.9 Å². The normalized spacial score (nSPS) is 16.1. The molecule has 1 atom stereocenters. The van der Waals surface area contributed by atoms with Crippen LogP contribution in [0.1, 0.15) is 17.5 Å². The number of nitrogens with one attached hydrogen (secondary N) is 1. The van der Waals surface area contributed by atoms with Crippen molar-refractivity contribution in [3.05, 3.63) is 57.6 Å². The zero-order valence-corrected chi connectivity index (χ0v) is 17.5. The van der Waals surface area contributed by atoms with Crippen LogP contribution in [0.2, 0.25) is 10.0 Å². The van der Waals surface area contributed by atoms with E-state index in [9.17, 15) is 14.4 Å². The number of rotatable bonds is 5. The van der Waals surface area contributed by atoms with Gasteiger partial charge in [0.25, 0.3) is 5.91 Å². The minimum atomic E-state index is -0.675. The molecule has 0 spiro atoms. The minimum Gasteiger partial charge on any atom is -0.455 e. The van der Waals surface area contributed by atoms with Crippen molar-refractivity contribution in [2.45, 2.75) is 20.3 Å². The van der Waals surface area contributed by atoms with E-state index in [0.717, 1.165) is 11.1 Å². The minimum absolute atomic E-state index is 0.0137. The summed E-state index contributed by atoms with van der Waals surface area (Å²) in [7, 11) is 0. The van der Waals surface area contributed by atoms with Gasteiger partial charge in [-0.15, -0.1) is 0 Å². The van der Waals surface area contributed by atoms with Crippen LogP contribution in [-0.2, 0) is 19.1 Å². The van der Waals surface area contributed by atoms with Crippen LogP contribution in [0.25, 0.3) is 0 Å². The van der Waals surface area contributed by atoms with Gasteiger partial charge in [0.05, 0.1) is 21.7 Å². The van der Waals surface area contributed by atoms with Gasteiger partial charge < -0.3 is 15.0 Å². The van der Waals surface area contributed by atoms with Gasteiger partial charge in [-0.2, -0.15) is 0 Å². The second-order valence-electron chi connectivity index (χ2n) is 6.90. The topological polar surface area (TPSA) is 75.7 Å². The molecule has 0 aliphatic carbocycles. The van der Waals surface area contributed by atoms with Crippen molar-refractivity contribution in [3.8, 4) is 0 Å². The first-order valence-electron chi connectivity index (χ1n) is 9.05. The summed E-state index contributed by atoms with van der Waals surface area (Å²) in [5, 5.41) is 3.34. The molecule has 1 aliphatic heterocycles. The van der Waals surface area contributed by atoms with Crippen LogP contribution < -0.4 is 10.2 Å². The molecule has 1 heterocycles. The second-order valence-corrected chi connectivity index (χ2v) is 7.69. The maximum atomic E-state index is 12.4. The van der Waals surface area contributed by atoms with Crippen LogP contribution in [0.15, 0.2) is 36.4 Å². The van der Waals surface area contributed by atoms with Gasteiger partial charge in [-0.25, -0.2) is 0 Å². The van der Waals surface area contributed by atoms with Gasteiger partial charge in [0.2, 0.25) is 5.91 Å². The molecular weight excluding hydrogens is 415 g/mol. The molecule has 0 aromatic heterocycles. The molecule has 8 heteroatoms. The highest BCUT2D eigenvalue weighted by Gasteiger charge is 2.37. The molecule has 2 aromatic rings. The maximum Gasteiger partial charge on any atom is 0.311 e. The Kier molecular flexibility index (Phi) is 6.45. The number of hydrogen-bond donors (Lipinski definition) is 1. The van der Waals surface area contributed by atoms with Crippen LogP contribution in [0.4, 0.5) is 11.4 Å². The smallest absolute Gasteiger partial charge is 0.311 e. The molecule has 29 heavy (non-hydrogen) atoms. The van der Waals surface area contributed by atoms with Crippen molar-refractivity contribution >= 4 is 52.4 Å². The van der Waals surface area contributed by atoms with Crippen LogP contribution in [0, 0.1) is 19.8 Å². The number of anilines is 2. The first kappa shape index (κ1) is 21.1. The second kappa shape index (κ2) is 8.84. The highest BCUT2D eigenvalue weighted by Crippen LogP contribution is 2.35. The van der Waals surface area contributed by atoms with Crippen molar-refractivity contribution in [2.75, 3.05) is 23.4 Å². The Morgan fingerprint density at radius 3 is 2.48 bits per heavy atom. The summed E-state index contributed by atoms with van der Waals surface area (Å²) < 4.78 is 5.14. The van der Waals surface area contributed by atoms with Crippen molar-refractivity contribution in [2.24, 2.45) is 5.92 Å². The molecule has 0 radical (unpaired) electrons. The van der Waals surface area contributed by atoms with E-state index in [1.54, 1.807) is 18.2 Å². The largest absolute Gasteiger partial charge is 0.455 e. The fourth-order valence-electron chi connectivity index (χ4n) is 3.24. The number of halogens is 2.